The molecule has 1 aliphatic rings. The zero-order chi connectivity index (χ0) is 17.1. The molecule has 2 heterocycles. The van der Waals surface area contributed by atoms with E-state index in [2.05, 4.69) is 5.32 Å². The molecular formula is C18H20N2O4. The first-order chi connectivity index (χ1) is 11.5. The van der Waals surface area contributed by atoms with Gasteiger partial charge in [0.25, 0.3) is 5.91 Å². The van der Waals surface area contributed by atoms with Crippen molar-refractivity contribution >= 4 is 17.5 Å². The van der Waals surface area contributed by atoms with Crippen LogP contribution in [0.5, 0.6) is 5.75 Å². The zero-order valence-corrected chi connectivity index (χ0v) is 13.5. The van der Waals surface area contributed by atoms with E-state index in [-0.39, 0.29) is 23.5 Å². The number of nitrogens with zero attached hydrogens (tertiary/aromatic N) is 1. The molecule has 3 rings (SSSR count). The monoisotopic (exact) mass is 328 g/mol. The van der Waals surface area contributed by atoms with Gasteiger partial charge < -0.3 is 19.7 Å². The molecule has 1 aliphatic heterocycles. The van der Waals surface area contributed by atoms with Gasteiger partial charge in [0, 0.05) is 19.0 Å². The maximum absolute atomic E-state index is 12.4. The number of carbonyl (C=O) groups excluding carboxylic acids is 2. The van der Waals surface area contributed by atoms with Gasteiger partial charge in [-0.25, -0.2) is 0 Å². The number of benzene rings is 1. The molecule has 1 fully saturated rings. The molecule has 2 aromatic rings. The molecule has 1 aromatic carbocycles. The molecule has 1 aromatic heterocycles. The topological polar surface area (TPSA) is 82.8 Å². The third-order valence-electron chi connectivity index (χ3n) is 4.33. The Hall–Kier alpha value is -2.76. The lowest BCUT2D eigenvalue weighted by Crippen LogP contribution is -2.41. The van der Waals surface area contributed by atoms with Gasteiger partial charge in [-0.3, -0.25) is 9.59 Å². The molecule has 0 bridgehead atoms. The summed E-state index contributed by atoms with van der Waals surface area (Å²) in [6.07, 6.45) is 4.10. The number of aryl methyl sites for hydroxylation is 1. The Morgan fingerprint density at radius 1 is 1.25 bits per heavy atom. The van der Waals surface area contributed by atoms with E-state index < -0.39 is 0 Å². The molecule has 24 heavy (non-hydrogen) atoms. The Kier molecular flexibility index (Phi) is 4.55. The summed E-state index contributed by atoms with van der Waals surface area (Å²) in [6, 6.07) is 6.73. The summed E-state index contributed by atoms with van der Waals surface area (Å²) in [5.74, 6) is -0.301. The predicted octanol–water partition coefficient (Wildman–Crippen LogP) is 2.78. The first-order valence-electron chi connectivity index (χ1n) is 7.96. The Bertz CT molecular complexity index is 731. The van der Waals surface area contributed by atoms with Crippen LogP contribution < -0.4 is 5.32 Å². The molecule has 0 spiro atoms. The van der Waals surface area contributed by atoms with Crippen molar-refractivity contribution in [1.82, 2.24) is 4.90 Å². The number of furan rings is 1. The van der Waals surface area contributed by atoms with Crippen molar-refractivity contribution in [2.24, 2.45) is 5.92 Å². The van der Waals surface area contributed by atoms with Crippen molar-refractivity contribution in [2.45, 2.75) is 19.8 Å². The first kappa shape index (κ1) is 16.1. The van der Waals surface area contributed by atoms with E-state index >= 15 is 0 Å². The Morgan fingerprint density at radius 2 is 2.00 bits per heavy atom. The molecule has 2 N–H and O–H groups in total. The number of hydrogen-bond donors (Lipinski definition) is 2. The van der Waals surface area contributed by atoms with Crippen LogP contribution in [0.1, 0.15) is 28.8 Å². The van der Waals surface area contributed by atoms with Crippen LogP contribution in [0.15, 0.2) is 41.2 Å². The highest BCUT2D eigenvalue weighted by atomic mass is 16.3. The molecule has 1 saturated heterocycles. The molecule has 0 radical (unpaired) electrons. The maximum atomic E-state index is 12.4. The Morgan fingerprint density at radius 3 is 2.67 bits per heavy atom. The Balaban J connectivity index is 1.57. The van der Waals surface area contributed by atoms with Crippen molar-refractivity contribution < 1.29 is 19.1 Å². The van der Waals surface area contributed by atoms with Gasteiger partial charge in [0.05, 0.1) is 17.5 Å². The van der Waals surface area contributed by atoms with Crippen LogP contribution in [-0.2, 0) is 4.79 Å². The largest absolute Gasteiger partial charge is 0.506 e. The second-order valence-electron chi connectivity index (χ2n) is 6.09. The molecule has 6 nitrogen and oxygen atoms in total. The number of likely N-dealkylation sites (tertiary alicyclic amines) is 1. The van der Waals surface area contributed by atoms with E-state index in [1.807, 2.05) is 6.92 Å². The lowest BCUT2D eigenvalue weighted by molar-refractivity contribution is -0.121. The molecule has 0 aliphatic carbocycles. The Labute approximate surface area is 140 Å². The van der Waals surface area contributed by atoms with Crippen LogP contribution in [0.3, 0.4) is 0 Å². The average Bonchev–Trinajstić information content (AvgIpc) is 3.12. The van der Waals surface area contributed by atoms with Crippen LogP contribution in [0.25, 0.3) is 0 Å². The highest BCUT2D eigenvalue weighted by Gasteiger charge is 2.28. The van der Waals surface area contributed by atoms with Gasteiger partial charge in [-0.2, -0.15) is 0 Å². The van der Waals surface area contributed by atoms with E-state index in [0.717, 1.165) is 5.56 Å². The lowest BCUT2D eigenvalue weighted by Gasteiger charge is -2.31. The van der Waals surface area contributed by atoms with Crippen molar-refractivity contribution in [3.63, 3.8) is 0 Å². The summed E-state index contributed by atoms with van der Waals surface area (Å²) < 4.78 is 4.94. The third-order valence-corrected chi connectivity index (χ3v) is 4.33. The fourth-order valence-electron chi connectivity index (χ4n) is 2.90. The van der Waals surface area contributed by atoms with Crippen LogP contribution in [0, 0.1) is 12.8 Å². The molecular weight excluding hydrogens is 308 g/mol. The number of hydrogen-bond acceptors (Lipinski definition) is 4. The van der Waals surface area contributed by atoms with Crippen LogP contribution in [0.4, 0.5) is 5.69 Å². The number of anilines is 1. The van der Waals surface area contributed by atoms with Crippen LogP contribution in [-0.4, -0.2) is 34.9 Å². The third kappa shape index (κ3) is 3.42. The van der Waals surface area contributed by atoms with Gasteiger partial charge in [-0.1, -0.05) is 6.07 Å². The second kappa shape index (κ2) is 6.78. The summed E-state index contributed by atoms with van der Waals surface area (Å²) in [6.45, 7) is 2.96. The summed E-state index contributed by atoms with van der Waals surface area (Å²) >= 11 is 0. The van der Waals surface area contributed by atoms with Gasteiger partial charge >= 0.3 is 0 Å². The molecule has 126 valence electrons. The highest BCUT2D eigenvalue weighted by molar-refractivity contribution is 5.95. The zero-order valence-electron chi connectivity index (χ0n) is 13.5. The minimum absolute atomic E-state index is 0.0570. The fourth-order valence-corrected chi connectivity index (χ4v) is 2.90. The molecule has 0 saturated carbocycles. The average molecular weight is 328 g/mol. The quantitative estimate of drug-likeness (QED) is 0.849. The van der Waals surface area contributed by atoms with Crippen molar-refractivity contribution in [3.05, 3.63) is 47.9 Å². The number of nitrogens with one attached hydrogen (secondary N) is 1. The van der Waals surface area contributed by atoms with E-state index in [1.165, 1.54) is 12.5 Å². The smallest absolute Gasteiger partial charge is 0.257 e. The fraction of sp³-hybridized carbons (Fsp3) is 0.333. The van der Waals surface area contributed by atoms with E-state index in [1.54, 1.807) is 29.2 Å². The van der Waals surface area contributed by atoms with Gasteiger partial charge in [0.1, 0.15) is 12.0 Å². The number of carbonyl (C=O) groups is 2. The predicted molar refractivity (Wildman–Crippen MR) is 88.8 cm³/mol. The summed E-state index contributed by atoms with van der Waals surface area (Å²) in [5.41, 5.74) is 1.92. The van der Waals surface area contributed by atoms with Gasteiger partial charge in [-0.05, 0) is 43.5 Å². The van der Waals surface area contributed by atoms with Crippen LogP contribution >= 0.6 is 0 Å². The molecule has 6 heteroatoms. The minimum atomic E-state index is -0.168. The summed E-state index contributed by atoms with van der Waals surface area (Å²) in [4.78, 5) is 26.4. The van der Waals surface area contributed by atoms with E-state index in [0.29, 0.717) is 37.2 Å². The van der Waals surface area contributed by atoms with E-state index in [4.69, 9.17) is 4.42 Å². The molecule has 0 atom stereocenters. The van der Waals surface area contributed by atoms with Gasteiger partial charge in [-0.15, -0.1) is 0 Å². The van der Waals surface area contributed by atoms with Crippen molar-refractivity contribution in [1.29, 1.82) is 0 Å². The second-order valence-corrected chi connectivity index (χ2v) is 6.09. The summed E-state index contributed by atoms with van der Waals surface area (Å²) in [5, 5.41) is 12.6. The number of phenols is 1. The molecule has 2 amide bonds. The molecule has 0 unspecified atom stereocenters. The minimum Gasteiger partial charge on any atom is -0.506 e. The SMILES string of the molecule is Cc1ccc(O)c(NC(=O)C2CCN(C(=O)c3ccoc3)CC2)c1. The number of rotatable bonds is 3. The standard InChI is InChI=1S/C18H20N2O4/c1-12-2-3-16(21)15(10-12)19-17(22)13-4-7-20(8-5-13)18(23)14-6-9-24-11-14/h2-3,6,9-11,13,21H,4-5,7-8H2,1H3,(H,19,22). The number of piperidine rings is 1. The van der Waals surface area contributed by atoms with Crippen LogP contribution in [0.2, 0.25) is 0 Å². The van der Waals surface area contributed by atoms with Gasteiger partial charge in [0.15, 0.2) is 0 Å². The van der Waals surface area contributed by atoms with Gasteiger partial charge in [0.2, 0.25) is 5.91 Å². The van der Waals surface area contributed by atoms with Crippen molar-refractivity contribution in [3.8, 4) is 5.75 Å². The number of phenolic OH excluding ortho intramolecular Hbond substituents is 1. The van der Waals surface area contributed by atoms with E-state index in [9.17, 15) is 14.7 Å². The number of amides is 2. The maximum Gasteiger partial charge on any atom is 0.257 e. The van der Waals surface area contributed by atoms with Crippen molar-refractivity contribution in [2.75, 3.05) is 18.4 Å². The number of aromatic hydroxyl groups is 1. The first-order valence-corrected chi connectivity index (χ1v) is 7.96. The summed E-state index contributed by atoms with van der Waals surface area (Å²) in [7, 11) is 0. The highest BCUT2D eigenvalue weighted by Crippen LogP contribution is 2.26. The lowest BCUT2D eigenvalue weighted by atomic mass is 9.95. The normalized spacial score (nSPS) is 15.3.